The second-order valence-electron chi connectivity index (χ2n) is 3.73. The highest BCUT2D eigenvalue weighted by Crippen LogP contribution is 2.02. The summed E-state index contributed by atoms with van der Waals surface area (Å²) in [7, 11) is 0. The molecule has 0 aliphatic rings. The summed E-state index contributed by atoms with van der Waals surface area (Å²) >= 11 is 0. The van der Waals surface area contributed by atoms with Crippen molar-refractivity contribution < 1.29 is 4.79 Å². The van der Waals surface area contributed by atoms with Gasteiger partial charge in [0.1, 0.15) is 0 Å². The van der Waals surface area contributed by atoms with E-state index in [1.54, 1.807) is 12.5 Å². The molecular weight excluding hydrogens is 192 g/mol. The van der Waals surface area contributed by atoms with Crippen molar-refractivity contribution in [3.05, 3.63) is 18.2 Å². The number of hydrogen-bond acceptors (Lipinski definition) is 3. The van der Waals surface area contributed by atoms with Crippen molar-refractivity contribution in [2.75, 3.05) is 6.54 Å². The molecular formula is C10H18N4O. The van der Waals surface area contributed by atoms with Crippen molar-refractivity contribution in [2.24, 2.45) is 11.7 Å². The minimum absolute atomic E-state index is 0.0601. The number of aromatic nitrogens is 2. The van der Waals surface area contributed by atoms with E-state index in [1.807, 2.05) is 6.92 Å². The van der Waals surface area contributed by atoms with E-state index in [2.05, 4.69) is 15.3 Å². The molecule has 0 bridgehead atoms. The lowest BCUT2D eigenvalue weighted by molar-refractivity contribution is -0.121. The number of nitrogens with zero attached hydrogens (tertiary/aromatic N) is 1. The van der Waals surface area contributed by atoms with Gasteiger partial charge in [0.15, 0.2) is 0 Å². The van der Waals surface area contributed by atoms with Gasteiger partial charge in [-0.3, -0.25) is 4.79 Å². The normalized spacial score (nSPS) is 12.4. The van der Waals surface area contributed by atoms with Crippen LogP contribution in [0.5, 0.6) is 0 Å². The van der Waals surface area contributed by atoms with Crippen LogP contribution in [0.15, 0.2) is 12.5 Å². The van der Waals surface area contributed by atoms with Crippen molar-refractivity contribution in [3.8, 4) is 0 Å². The number of nitrogens with two attached hydrogens (primary N) is 1. The van der Waals surface area contributed by atoms with Gasteiger partial charge >= 0.3 is 0 Å². The van der Waals surface area contributed by atoms with Crippen LogP contribution in [0.25, 0.3) is 0 Å². The number of nitrogens with one attached hydrogen (secondary N) is 2. The van der Waals surface area contributed by atoms with Gasteiger partial charge in [0.25, 0.3) is 0 Å². The second kappa shape index (κ2) is 6.19. The Morgan fingerprint density at radius 2 is 2.53 bits per heavy atom. The summed E-state index contributed by atoms with van der Waals surface area (Å²) in [5, 5.41) is 2.81. The summed E-state index contributed by atoms with van der Waals surface area (Å²) in [4.78, 5) is 18.2. The zero-order chi connectivity index (χ0) is 11.1. The molecule has 1 aromatic rings. The molecule has 0 aromatic carbocycles. The Morgan fingerprint density at radius 3 is 3.13 bits per heavy atom. The molecule has 0 aliphatic heterocycles. The second-order valence-corrected chi connectivity index (χ2v) is 3.73. The number of carbonyl (C=O) groups is 1. The predicted molar refractivity (Wildman–Crippen MR) is 57.9 cm³/mol. The van der Waals surface area contributed by atoms with Crippen LogP contribution in [0.2, 0.25) is 0 Å². The lowest BCUT2D eigenvalue weighted by atomic mass is 10.1. The third-order valence-corrected chi connectivity index (χ3v) is 2.30. The topological polar surface area (TPSA) is 83.8 Å². The summed E-state index contributed by atoms with van der Waals surface area (Å²) in [5.74, 6) is 0.466. The van der Waals surface area contributed by atoms with Crippen LogP contribution in [-0.4, -0.2) is 22.4 Å². The first kappa shape index (κ1) is 11.7. The zero-order valence-electron chi connectivity index (χ0n) is 8.99. The lowest BCUT2D eigenvalue weighted by Crippen LogP contribution is -2.24. The predicted octanol–water partition coefficient (Wildman–Crippen LogP) is 0.401. The van der Waals surface area contributed by atoms with E-state index in [9.17, 15) is 4.79 Å². The van der Waals surface area contributed by atoms with Gasteiger partial charge in [-0.25, -0.2) is 4.98 Å². The Kier molecular flexibility index (Phi) is 4.83. The molecule has 1 rings (SSSR count). The highest BCUT2D eigenvalue weighted by Gasteiger charge is 2.05. The summed E-state index contributed by atoms with van der Waals surface area (Å²) < 4.78 is 0. The van der Waals surface area contributed by atoms with E-state index < -0.39 is 0 Å². The van der Waals surface area contributed by atoms with Crippen molar-refractivity contribution in [3.63, 3.8) is 0 Å². The van der Waals surface area contributed by atoms with Crippen molar-refractivity contribution in [1.29, 1.82) is 0 Å². The largest absolute Gasteiger partial charge is 0.350 e. The van der Waals surface area contributed by atoms with Gasteiger partial charge in [-0.15, -0.1) is 0 Å². The summed E-state index contributed by atoms with van der Waals surface area (Å²) in [6, 6.07) is 0. The quantitative estimate of drug-likeness (QED) is 0.635. The average Bonchev–Trinajstić information content (AvgIpc) is 2.75. The molecule has 0 saturated carbocycles. The van der Waals surface area contributed by atoms with Crippen molar-refractivity contribution in [2.45, 2.75) is 26.3 Å². The van der Waals surface area contributed by atoms with Gasteiger partial charge in [0.05, 0.1) is 18.6 Å². The van der Waals surface area contributed by atoms with E-state index >= 15 is 0 Å². The van der Waals surface area contributed by atoms with Gasteiger partial charge in [0, 0.05) is 12.6 Å². The third-order valence-electron chi connectivity index (χ3n) is 2.30. The Hall–Kier alpha value is -1.36. The van der Waals surface area contributed by atoms with Crippen LogP contribution in [0, 0.1) is 5.92 Å². The molecule has 4 N–H and O–H groups in total. The fourth-order valence-corrected chi connectivity index (χ4v) is 1.16. The van der Waals surface area contributed by atoms with E-state index in [0.717, 1.165) is 12.1 Å². The van der Waals surface area contributed by atoms with E-state index in [4.69, 9.17) is 5.73 Å². The molecule has 0 radical (unpaired) electrons. The molecule has 1 amide bonds. The summed E-state index contributed by atoms with van der Waals surface area (Å²) in [5.41, 5.74) is 6.38. The van der Waals surface area contributed by atoms with E-state index in [0.29, 0.717) is 25.4 Å². The number of rotatable bonds is 6. The lowest BCUT2D eigenvalue weighted by Gasteiger charge is -2.07. The molecule has 0 spiro atoms. The molecule has 5 heteroatoms. The highest BCUT2D eigenvalue weighted by atomic mass is 16.1. The molecule has 1 aromatic heterocycles. The standard InChI is InChI=1S/C10H18N4O/c1-8(4-11)2-3-10(15)13-6-9-5-12-7-14-9/h5,7-8H,2-4,6,11H2,1H3,(H,12,14)(H,13,15). The first-order valence-corrected chi connectivity index (χ1v) is 5.16. The minimum atomic E-state index is 0.0601. The van der Waals surface area contributed by atoms with Crippen molar-refractivity contribution >= 4 is 5.91 Å². The maximum Gasteiger partial charge on any atom is 0.220 e. The fraction of sp³-hybridized carbons (Fsp3) is 0.600. The Morgan fingerprint density at radius 1 is 1.73 bits per heavy atom. The van der Waals surface area contributed by atoms with Gasteiger partial charge in [-0.05, 0) is 18.9 Å². The highest BCUT2D eigenvalue weighted by molar-refractivity contribution is 5.75. The molecule has 5 nitrogen and oxygen atoms in total. The first-order valence-electron chi connectivity index (χ1n) is 5.16. The van der Waals surface area contributed by atoms with Gasteiger partial charge in [-0.2, -0.15) is 0 Å². The number of hydrogen-bond donors (Lipinski definition) is 3. The zero-order valence-corrected chi connectivity index (χ0v) is 8.99. The number of imidazole rings is 1. The van der Waals surface area contributed by atoms with Crippen LogP contribution >= 0.6 is 0 Å². The first-order chi connectivity index (χ1) is 7.22. The Labute approximate surface area is 89.5 Å². The number of aromatic amines is 1. The minimum Gasteiger partial charge on any atom is -0.350 e. The molecule has 0 saturated heterocycles. The smallest absolute Gasteiger partial charge is 0.220 e. The molecule has 84 valence electrons. The molecule has 15 heavy (non-hydrogen) atoms. The Bertz CT molecular complexity index is 284. The van der Waals surface area contributed by atoms with Crippen LogP contribution in [-0.2, 0) is 11.3 Å². The molecule has 1 atom stereocenters. The maximum absolute atomic E-state index is 11.4. The molecule has 0 aliphatic carbocycles. The fourth-order valence-electron chi connectivity index (χ4n) is 1.16. The monoisotopic (exact) mass is 210 g/mol. The van der Waals surface area contributed by atoms with Gasteiger partial charge < -0.3 is 16.0 Å². The van der Waals surface area contributed by atoms with Gasteiger partial charge in [-0.1, -0.05) is 6.92 Å². The van der Waals surface area contributed by atoms with Gasteiger partial charge in [0.2, 0.25) is 5.91 Å². The third kappa shape index (κ3) is 4.60. The SMILES string of the molecule is CC(CN)CCC(=O)NCc1cnc[nH]1. The summed E-state index contributed by atoms with van der Waals surface area (Å²) in [6.45, 7) is 3.19. The number of H-pyrrole nitrogens is 1. The number of amides is 1. The maximum atomic E-state index is 11.4. The number of carbonyl (C=O) groups excluding carboxylic acids is 1. The van der Waals surface area contributed by atoms with Crippen LogP contribution in [0.4, 0.5) is 0 Å². The Balaban J connectivity index is 2.14. The molecule has 1 heterocycles. The molecule has 0 fully saturated rings. The van der Waals surface area contributed by atoms with Crippen LogP contribution in [0.3, 0.4) is 0 Å². The van der Waals surface area contributed by atoms with Crippen molar-refractivity contribution in [1.82, 2.24) is 15.3 Å². The van der Waals surface area contributed by atoms with E-state index in [1.165, 1.54) is 0 Å². The summed E-state index contributed by atoms with van der Waals surface area (Å²) in [6.07, 6.45) is 4.67. The average molecular weight is 210 g/mol. The molecule has 1 unspecified atom stereocenters. The van der Waals surface area contributed by atoms with E-state index in [-0.39, 0.29) is 5.91 Å². The van der Waals surface area contributed by atoms with Crippen LogP contribution in [0.1, 0.15) is 25.5 Å². The van der Waals surface area contributed by atoms with Crippen LogP contribution < -0.4 is 11.1 Å².